The van der Waals surface area contributed by atoms with E-state index >= 15 is 0 Å². The molecule has 3 heterocycles. The smallest absolute Gasteiger partial charge is 0.0404 e. The van der Waals surface area contributed by atoms with Crippen LogP contribution in [0.1, 0.15) is 87.6 Å². The Kier molecular flexibility index (Phi) is 7.04. The number of nitrogens with zero attached hydrogens (tertiary/aromatic N) is 3. The minimum absolute atomic E-state index is 0.592. The Hall–Kier alpha value is -1.84. The first kappa shape index (κ1) is 23.9. The average Bonchev–Trinajstić information content (AvgIpc) is 3.35. The fourth-order valence-electron chi connectivity index (χ4n) is 6.54. The molecule has 0 N–H and O–H groups in total. The molecule has 0 aromatic heterocycles. The SMILES string of the molecule is CC(C)N1Cc2ccc(CC(C)N3CCCC(c4ccc5c(c4)N(C(C)C)CC5)CC3)cc2C1. The van der Waals surface area contributed by atoms with Crippen molar-refractivity contribution in [2.45, 2.75) is 104 Å². The van der Waals surface area contributed by atoms with E-state index in [1.807, 2.05) is 0 Å². The summed E-state index contributed by atoms with van der Waals surface area (Å²) in [6.07, 6.45) is 6.31. The van der Waals surface area contributed by atoms with E-state index in [1.54, 1.807) is 16.7 Å². The zero-order chi connectivity index (χ0) is 23.8. The van der Waals surface area contributed by atoms with Crippen molar-refractivity contribution in [2.75, 3.05) is 24.5 Å². The molecule has 5 rings (SSSR count). The van der Waals surface area contributed by atoms with Crippen molar-refractivity contribution in [3.8, 4) is 0 Å². The third-order valence-corrected chi connectivity index (χ3v) is 8.80. The van der Waals surface area contributed by atoms with E-state index in [0.29, 0.717) is 24.0 Å². The highest BCUT2D eigenvalue weighted by molar-refractivity contribution is 5.60. The Morgan fingerprint density at radius 3 is 2.35 bits per heavy atom. The molecule has 0 spiro atoms. The van der Waals surface area contributed by atoms with Gasteiger partial charge in [0, 0.05) is 43.4 Å². The molecule has 2 aromatic rings. The van der Waals surface area contributed by atoms with Gasteiger partial charge in [-0.25, -0.2) is 0 Å². The number of fused-ring (bicyclic) bond motifs is 2. The van der Waals surface area contributed by atoms with Crippen LogP contribution in [-0.2, 0) is 25.9 Å². The number of hydrogen-bond acceptors (Lipinski definition) is 3. The first-order valence-electron chi connectivity index (χ1n) is 13.9. The van der Waals surface area contributed by atoms with Gasteiger partial charge in [0.2, 0.25) is 0 Å². The normalized spacial score (nSPS) is 22.3. The van der Waals surface area contributed by atoms with Gasteiger partial charge in [-0.1, -0.05) is 30.3 Å². The Labute approximate surface area is 208 Å². The Morgan fingerprint density at radius 2 is 1.56 bits per heavy atom. The van der Waals surface area contributed by atoms with Gasteiger partial charge < -0.3 is 9.80 Å². The van der Waals surface area contributed by atoms with E-state index in [9.17, 15) is 0 Å². The summed E-state index contributed by atoms with van der Waals surface area (Å²) < 4.78 is 0. The van der Waals surface area contributed by atoms with Crippen molar-refractivity contribution in [3.63, 3.8) is 0 Å². The van der Waals surface area contributed by atoms with Crippen LogP contribution in [0.4, 0.5) is 5.69 Å². The Balaban J connectivity index is 1.21. The van der Waals surface area contributed by atoms with Gasteiger partial charge in [-0.05, 0) is 120 Å². The first-order chi connectivity index (χ1) is 16.4. The largest absolute Gasteiger partial charge is 0.369 e. The monoisotopic (exact) mass is 459 g/mol. The lowest BCUT2D eigenvalue weighted by molar-refractivity contribution is 0.215. The molecule has 3 aliphatic rings. The van der Waals surface area contributed by atoms with Gasteiger partial charge in [0.25, 0.3) is 0 Å². The predicted octanol–water partition coefficient (Wildman–Crippen LogP) is 6.38. The van der Waals surface area contributed by atoms with E-state index in [4.69, 9.17) is 0 Å². The number of rotatable bonds is 6. The molecular weight excluding hydrogens is 414 g/mol. The second-order valence-electron chi connectivity index (χ2n) is 11.7. The molecule has 0 radical (unpaired) electrons. The molecule has 2 atom stereocenters. The molecule has 184 valence electrons. The number of hydrogen-bond donors (Lipinski definition) is 0. The van der Waals surface area contributed by atoms with Gasteiger partial charge in [0.05, 0.1) is 0 Å². The average molecular weight is 460 g/mol. The zero-order valence-corrected chi connectivity index (χ0v) is 22.2. The molecule has 1 saturated heterocycles. The van der Waals surface area contributed by atoms with Gasteiger partial charge in [-0.3, -0.25) is 4.90 Å². The fraction of sp³-hybridized carbons (Fsp3) is 0.613. The number of likely N-dealkylation sites (tertiary alicyclic amines) is 1. The van der Waals surface area contributed by atoms with Crippen LogP contribution in [0.5, 0.6) is 0 Å². The van der Waals surface area contributed by atoms with Crippen molar-refractivity contribution in [1.82, 2.24) is 9.80 Å². The van der Waals surface area contributed by atoms with Crippen LogP contribution in [0.25, 0.3) is 0 Å². The van der Waals surface area contributed by atoms with Crippen molar-refractivity contribution in [1.29, 1.82) is 0 Å². The van der Waals surface area contributed by atoms with Gasteiger partial charge in [-0.2, -0.15) is 0 Å². The van der Waals surface area contributed by atoms with Crippen LogP contribution >= 0.6 is 0 Å². The summed E-state index contributed by atoms with van der Waals surface area (Å²) in [5.41, 5.74) is 9.25. The van der Waals surface area contributed by atoms with Gasteiger partial charge >= 0.3 is 0 Å². The van der Waals surface area contributed by atoms with Crippen molar-refractivity contribution in [2.24, 2.45) is 0 Å². The number of benzene rings is 2. The molecule has 3 heteroatoms. The summed E-state index contributed by atoms with van der Waals surface area (Å²) in [6.45, 7) is 17.6. The zero-order valence-electron chi connectivity index (χ0n) is 22.2. The topological polar surface area (TPSA) is 9.72 Å². The highest BCUT2D eigenvalue weighted by atomic mass is 15.2. The van der Waals surface area contributed by atoms with Crippen LogP contribution in [0, 0.1) is 0 Å². The molecule has 0 bridgehead atoms. The van der Waals surface area contributed by atoms with E-state index in [1.165, 1.54) is 68.6 Å². The van der Waals surface area contributed by atoms with E-state index < -0.39 is 0 Å². The van der Waals surface area contributed by atoms with Gasteiger partial charge in [-0.15, -0.1) is 0 Å². The summed E-state index contributed by atoms with van der Waals surface area (Å²) >= 11 is 0. The lowest BCUT2D eigenvalue weighted by atomic mass is 9.91. The van der Waals surface area contributed by atoms with Crippen LogP contribution in [0.2, 0.25) is 0 Å². The van der Waals surface area contributed by atoms with Crippen molar-refractivity contribution in [3.05, 3.63) is 64.2 Å². The summed E-state index contributed by atoms with van der Waals surface area (Å²) in [6, 6.07) is 16.5. The summed E-state index contributed by atoms with van der Waals surface area (Å²) in [7, 11) is 0. The molecule has 1 fully saturated rings. The minimum Gasteiger partial charge on any atom is -0.369 e. The Morgan fingerprint density at radius 1 is 0.765 bits per heavy atom. The van der Waals surface area contributed by atoms with Crippen LogP contribution in [0.15, 0.2) is 36.4 Å². The molecule has 3 nitrogen and oxygen atoms in total. The van der Waals surface area contributed by atoms with Crippen molar-refractivity contribution < 1.29 is 0 Å². The molecule has 2 aromatic carbocycles. The molecule has 34 heavy (non-hydrogen) atoms. The lowest BCUT2D eigenvalue weighted by Gasteiger charge is -2.28. The predicted molar refractivity (Wildman–Crippen MR) is 145 cm³/mol. The fourth-order valence-corrected chi connectivity index (χ4v) is 6.54. The van der Waals surface area contributed by atoms with E-state index in [0.717, 1.165) is 13.1 Å². The maximum Gasteiger partial charge on any atom is 0.0404 e. The summed E-state index contributed by atoms with van der Waals surface area (Å²) in [5, 5.41) is 0. The second-order valence-corrected chi connectivity index (χ2v) is 11.7. The van der Waals surface area contributed by atoms with E-state index in [2.05, 4.69) is 85.7 Å². The van der Waals surface area contributed by atoms with Crippen molar-refractivity contribution >= 4 is 5.69 Å². The van der Waals surface area contributed by atoms with Crippen LogP contribution in [-0.4, -0.2) is 47.6 Å². The van der Waals surface area contributed by atoms with Crippen LogP contribution in [0.3, 0.4) is 0 Å². The Bertz CT molecular complexity index is 994. The maximum atomic E-state index is 2.77. The molecule has 0 amide bonds. The molecule has 0 saturated carbocycles. The molecule has 3 aliphatic heterocycles. The summed E-state index contributed by atoms with van der Waals surface area (Å²) in [5.74, 6) is 0.708. The first-order valence-corrected chi connectivity index (χ1v) is 13.9. The minimum atomic E-state index is 0.592. The highest BCUT2D eigenvalue weighted by Gasteiger charge is 2.26. The van der Waals surface area contributed by atoms with E-state index in [-0.39, 0.29) is 0 Å². The molecule has 2 unspecified atom stereocenters. The maximum absolute atomic E-state index is 2.77. The van der Waals surface area contributed by atoms with Crippen LogP contribution < -0.4 is 4.90 Å². The molecular formula is C31H45N3. The third-order valence-electron chi connectivity index (χ3n) is 8.80. The lowest BCUT2D eigenvalue weighted by Crippen LogP contribution is -2.35. The highest BCUT2D eigenvalue weighted by Crippen LogP contribution is 2.36. The van der Waals surface area contributed by atoms with Gasteiger partial charge in [0.1, 0.15) is 0 Å². The quantitative estimate of drug-likeness (QED) is 0.496. The van der Waals surface area contributed by atoms with Gasteiger partial charge in [0.15, 0.2) is 0 Å². The summed E-state index contributed by atoms with van der Waals surface area (Å²) in [4.78, 5) is 7.94. The standard InChI is InChI=1S/C31H45N3/c1-22(2)33-20-29-9-8-25(18-30(29)21-33)17-24(5)32-14-6-7-26(12-15-32)28-11-10-27-13-16-34(23(3)4)31(27)19-28/h8-11,18-19,22-24,26H,6-7,12-17,20-21H2,1-5H3. The molecule has 0 aliphatic carbocycles. The third kappa shape index (κ3) is 4.93. The number of anilines is 1. The second kappa shape index (κ2) is 10.0.